The number of rotatable bonds is 0. The molecule has 266 valence electrons. The predicted molar refractivity (Wildman–Crippen MR) is 215 cm³/mol. The summed E-state index contributed by atoms with van der Waals surface area (Å²) in [6, 6.07) is 20.2. The summed E-state index contributed by atoms with van der Waals surface area (Å²) in [5, 5.41) is 4.43. The van der Waals surface area contributed by atoms with Crippen LogP contribution in [0.5, 0.6) is 0 Å². The molecular weight excluding hydrogens is 721 g/mol. The lowest BCUT2D eigenvalue weighted by atomic mass is 9.86. The first kappa shape index (κ1) is 32.7. The molecule has 0 spiro atoms. The van der Waals surface area contributed by atoms with Crippen molar-refractivity contribution in [3.05, 3.63) is 93.5 Å². The van der Waals surface area contributed by atoms with E-state index in [1.54, 1.807) is 60.7 Å². The van der Waals surface area contributed by atoms with Gasteiger partial charge in [0.1, 0.15) is 11.3 Å². The molecule has 12 heteroatoms. The zero-order valence-electron chi connectivity index (χ0n) is 30.0. The highest BCUT2D eigenvalue weighted by Crippen LogP contribution is 2.59. The molecule has 54 heavy (non-hydrogen) atoms. The minimum Gasteiger partial charge on any atom is -0.268 e. The standard InChI is InChI=1S/C36H12N4O6S2.3C2H6/c41-35-15-11-23-29-28-22(48(23,45)46)10-14-26-16(36(42)40-20-8-4-2-6-18(20)38-34(14)40)12-24-30(32(26)28)27-21(47(24,43)44)9-13(25(15)31(27)29)33-37-17-5-1-3-7-19(17)39(33)35;3*1-2/h1-12H;3*1-2H3. The van der Waals surface area contributed by atoms with Crippen molar-refractivity contribution in [3.8, 4) is 0 Å². The van der Waals surface area contributed by atoms with Crippen molar-refractivity contribution < 1.29 is 16.8 Å². The zero-order chi connectivity index (χ0) is 37.9. The third-order valence-corrected chi connectivity index (χ3v) is 14.4. The van der Waals surface area contributed by atoms with Gasteiger partial charge in [0.05, 0.1) is 52.4 Å². The minimum absolute atomic E-state index is 0.00235. The van der Waals surface area contributed by atoms with Gasteiger partial charge in [-0.1, -0.05) is 65.8 Å². The molecule has 6 heterocycles. The number of fused-ring (bicyclic) bond motifs is 8. The first-order chi connectivity index (χ1) is 26.2. The molecule has 0 saturated heterocycles. The highest BCUT2D eigenvalue weighted by Gasteiger charge is 2.43. The number of hydrogen-bond acceptors (Lipinski definition) is 8. The van der Waals surface area contributed by atoms with Crippen LogP contribution >= 0.6 is 0 Å². The van der Waals surface area contributed by atoms with Crippen molar-refractivity contribution in [3.63, 3.8) is 0 Å². The van der Waals surface area contributed by atoms with E-state index >= 15 is 0 Å². The van der Waals surface area contributed by atoms with E-state index in [0.29, 0.717) is 87.2 Å². The molecule has 0 unspecified atom stereocenters. The number of aromatic nitrogens is 4. The Morgan fingerprint density at radius 1 is 0.426 bits per heavy atom. The van der Waals surface area contributed by atoms with E-state index < -0.39 is 30.8 Å². The van der Waals surface area contributed by atoms with Gasteiger partial charge in [-0.2, -0.15) is 0 Å². The molecule has 0 aliphatic carbocycles. The second kappa shape index (κ2) is 10.4. The van der Waals surface area contributed by atoms with Crippen LogP contribution in [0.2, 0.25) is 0 Å². The molecule has 0 saturated carbocycles. The molecule has 11 aromatic rings. The summed E-state index contributed by atoms with van der Waals surface area (Å²) in [6.07, 6.45) is 0. The van der Waals surface area contributed by atoms with Gasteiger partial charge in [-0.15, -0.1) is 0 Å². The number of benzene rings is 7. The maximum Gasteiger partial charge on any atom is 0.264 e. The monoisotopic (exact) mass is 750 g/mol. The van der Waals surface area contributed by atoms with Gasteiger partial charge in [0.25, 0.3) is 11.1 Å². The van der Waals surface area contributed by atoms with E-state index in [4.69, 9.17) is 9.97 Å². The van der Waals surface area contributed by atoms with Gasteiger partial charge in [-0.3, -0.25) is 18.4 Å². The Morgan fingerprint density at radius 2 is 0.741 bits per heavy atom. The smallest absolute Gasteiger partial charge is 0.264 e. The van der Waals surface area contributed by atoms with Crippen LogP contribution < -0.4 is 11.1 Å². The third-order valence-electron chi connectivity index (χ3n) is 10.8. The summed E-state index contributed by atoms with van der Waals surface area (Å²) in [6.45, 7) is 12.0. The minimum atomic E-state index is -4.21. The summed E-state index contributed by atoms with van der Waals surface area (Å²) in [5.74, 6) is 0. The quantitative estimate of drug-likeness (QED) is 0.111. The van der Waals surface area contributed by atoms with E-state index in [9.17, 15) is 26.4 Å². The molecular formula is C42H30N4O6S2. The lowest BCUT2D eigenvalue weighted by Crippen LogP contribution is -2.14. The van der Waals surface area contributed by atoms with Crippen molar-refractivity contribution in [1.29, 1.82) is 0 Å². The number of imidazole rings is 2. The molecule has 0 atom stereocenters. The maximum absolute atomic E-state index is 14.7. The largest absolute Gasteiger partial charge is 0.268 e. The summed E-state index contributed by atoms with van der Waals surface area (Å²) >= 11 is 0. The van der Waals surface area contributed by atoms with Crippen LogP contribution in [-0.2, 0) is 19.7 Å². The molecule has 10 nitrogen and oxygen atoms in total. The first-order valence-electron chi connectivity index (χ1n) is 18.1. The fraction of sp³-hybridized carbons (Fsp3) is 0.143. The highest BCUT2D eigenvalue weighted by atomic mass is 32.2. The van der Waals surface area contributed by atoms with Gasteiger partial charge in [0, 0.05) is 53.9 Å². The normalized spacial score (nSPS) is 14.9. The van der Waals surface area contributed by atoms with E-state index in [1.165, 1.54) is 20.9 Å². The predicted octanol–water partition coefficient (Wildman–Crippen LogP) is 8.61. The summed E-state index contributed by atoms with van der Waals surface area (Å²) in [4.78, 5) is 38.2. The van der Waals surface area contributed by atoms with E-state index in [2.05, 4.69) is 0 Å². The summed E-state index contributed by atoms with van der Waals surface area (Å²) in [7, 11) is -8.42. The maximum atomic E-state index is 14.7. The number of sulfone groups is 2. The fourth-order valence-electron chi connectivity index (χ4n) is 9.01. The van der Waals surface area contributed by atoms with Crippen molar-refractivity contribution in [2.75, 3.05) is 0 Å². The lowest BCUT2D eigenvalue weighted by Gasteiger charge is -2.16. The van der Waals surface area contributed by atoms with E-state index in [-0.39, 0.29) is 30.4 Å². The molecule has 0 radical (unpaired) electrons. The Labute approximate surface area is 306 Å². The Balaban J connectivity index is 0.000000576. The molecule has 0 N–H and O–H groups in total. The topological polar surface area (TPSA) is 137 Å². The van der Waals surface area contributed by atoms with Crippen molar-refractivity contribution in [1.82, 2.24) is 18.8 Å². The van der Waals surface area contributed by atoms with Gasteiger partial charge >= 0.3 is 0 Å². The van der Waals surface area contributed by atoms with E-state index in [0.717, 1.165) is 0 Å². The Kier molecular flexibility index (Phi) is 6.27. The number of hydrogen-bond donors (Lipinski definition) is 0. The van der Waals surface area contributed by atoms with Crippen molar-refractivity contribution >= 4 is 118 Å². The van der Waals surface area contributed by atoms with Crippen LogP contribution in [0.25, 0.3) is 98.0 Å². The third kappa shape index (κ3) is 3.30. The van der Waals surface area contributed by atoms with Crippen LogP contribution in [0, 0.1) is 0 Å². The molecule has 13 rings (SSSR count). The average molecular weight is 751 g/mol. The molecule has 0 fully saturated rings. The molecule has 2 aliphatic rings. The van der Waals surface area contributed by atoms with Crippen LogP contribution in [0.15, 0.2) is 102 Å². The van der Waals surface area contributed by atoms with Gasteiger partial charge in [-0.05, 0) is 48.5 Å². The highest BCUT2D eigenvalue weighted by molar-refractivity contribution is 7.93. The second-order valence-electron chi connectivity index (χ2n) is 12.8. The van der Waals surface area contributed by atoms with E-state index in [1.807, 2.05) is 41.5 Å². The van der Waals surface area contributed by atoms with Gasteiger partial charge in [-0.25, -0.2) is 26.8 Å². The van der Waals surface area contributed by atoms with Crippen molar-refractivity contribution in [2.45, 2.75) is 61.1 Å². The van der Waals surface area contributed by atoms with Gasteiger partial charge in [0.15, 0.2) is 0 Å². The molecule has 0 bridgehead atoms. The Bertz CT molecular complexity index is 3590. The molecule has 2 aliphatic heterocycles. The van der Waals surface area contributed by atoms with Crippen LogP contribution in [0.4, 0.5) is 0 Å². The van der Waals surface area contributed by atoms with Crippen LogP contribution in [0.1, 0.15) is 41.5 Å². The number of nitrogens with zero attached hydrogens (tertiary/aromatic N) is 4. The van der Waals surface area contributed by atoms with Crippen LogP contribution in [0.3, 0.4) is 0 Å². The summed E-state index contributed by atoms with van der Waals surface area (Å²) < 4.78 is 61.5. The Hall–Kier alpha value is -5.98. The molecule has 7 aromatic carbocycles. The molecule has 0 amide bonds. The van der Waals surface area contributed by atoms with Crippen LogP contribution in [-0.4, -0.2) is 35.6 Å². The SMILES string of the molecule is CC.CC.CC.O=c1c2cc3c4c5c(cc6c7c(cc8c(c9c(cc(c2c49)c2nc4ccccc4n12)S8(=O)=O)c57)c(=O)n1c2ccccc2nc61)S3(=O)=O. The number of pyridine rings is 2. The van der Waals surface area contributed by atoms with Gasteiger partial charge < -0.3 is 0 Å². The second-order valence-corrected chi connectivity index (χ2v) is 16.6. The number of para-hydroxylation sites is 4. The zero-order valence-corrected chi connectivity index (χ0v) is 31.6. The summed E-state index contributed by atoms with van der Waals surface area (Å²) in [5.41, 5.74) is 1.87. The Morgan fingerprint density at radius 3 is 1.09 bits per heavy atom. The first-order valence-corrected chi connectivity index (χ1v) is 21.1. The fourth-order valence-corrected chi connectivity index (χ4v) is 12.5. The van der Waals surface area contributed by atoms with Gasteiger partial charge in [0.2, 0.25) is 19.7 Å². The molecule has 4 aromatic heterocycles. The lowest BCUT2D eigenvalue weighted by molar-refractivity contribution is 0.597. The average Bonchev–Trinajstić information content (AvgIpc) is 3.91. The van der Waals surface area contributed by atoms with Crippen molar-refractivity contribution in [2.24, 2.45) is 0 Å².